The lowest BCUT2D eigenvalue weighted by Crippen LogP contribution is -2.46. The van der Waals surface area contributed by atoms with Crippen LogP contribution in [0.1, 0.15) is 6.42 Å². The average Bonchev–Trinajstić information content (AvgIpc) is 3.13. The SMILES string of the molecule is COc1ccc(N2CCN(CCCNc3ncnc4c3cnn4C)CC2)cc1. The maximum absolute atomic E-state index is 5.24. The van der Waals surface area contributed by atoms with E-state index in [0.717, 1.165) is 68.3 Å². The van der Waals surface area contributed by atoms with Crippen LogP contribution in [0.3, 0.4) is 0 Å². The molecule has 0 unspecified atom stereocenters. The van der Waals surface area contributed by atoms with Gasteiger partial charge < -0.3 is 15.0 Å². The highest BCUT2D eigenvalue weighted by atomic mass is 16.5. The molecule has 1 fully saturated rings. The van der Waals surface area contributed by atoms with Crippen molar-refractivity contribution in [3.05, 3.63) is 36.8 Å². The summed E-state index contributed by atoms with van der Waals surface area (Å²) in [6.45, 7) is 6.27. The number of hydrogen-bond donors (Lipinski definition) is 1. The summed E-state index contributed by atoms with van der Waals surface area (Å²) in [6.07, 6.45) is 4.48. The molecule has 3 heterocycles. The van der Waals surface area contributed by atoms with E-state index in [1.165, 1.54) is 5.69 Å². The number of nitrogens with zero attached hydrogens (tertiary/aromatic N) is 6. The number of piperazine rings is 1. The number of nitrogens with one attached hydrogen (secondary N) is 1. The number of benzene rings is 1. The summed E-state index contributed by atoms with van der Waals surface area (Å²) in [5, 5.41) is 8.66. The summed E-state index contributed by atoms with van der Waals surface area (Å²) < 4.78 is 7.01. The van der Waals surface area contributed by atoms with Crippen LogP contribution >= 0.6 is 0 Å². The van der Waals surface area contributed by atoms with E-state index in [4.69, 9.17) is 4.74 Å². The first-order valence-corrected chi connectivity index (χ1v) is 9.72. The molecule has 1 saturated heterocycles. The third-order valence-electron chi connectivity index (χ3n) is 5.28. The molecular weight excluding hydrogens is 354 g/mol. The summed E-state index contributed by atoms with van der Waals surface area (Å²) in [5.41, 5.74) is 2.12. The maximum Gasteiger partial charge on any atom is 0.163 e. The van der Waals surface area contributed by atoms with Crippen LogP contribution in [-0.4, -0.2) is 71.0 Å². The Hall–Kier alpha value is -2.87. The van der Waals surface area contributed by atoms with Gasteiger partial charge in [-0.25, -0.2) is 9.97 Å². The van der Waals surface area contributed by atoms with Gasteiger partial charge in [0.15, 0.2) is 5.65 Å². The van der Waals surface area contributed by atoms with Crippen LogP contribution in [0.2, 0.25) is 0 Å². The largest absolute Gasteiger partial charge is 0.497 e. The van der Waals surface area contributed by atoms with Gasteiger partial charge in [-0.3, -0.25) is 9.58 Å². The molecule has 0 saturated carbocycles. The van der Waals surface area contributed by atoms with E-state index in [-0.39, 0.29) is 0 Å². The average molecular weight is 381 g/mol. The van der Waals surface area contributed by atoms with E-state index >= 15 is 0 Å². The van der Waals surface area contributed by atoms with Crippen LogP contribution in [0.4, 0.5) is 11.5 Å². The molecular formula is C20H27N7O. The Balaban J connectivity index is 1.21. The molecule has 1 aromatic carbocycles. The van der Waals surface area contributed by atoms with Gasteiger partial charge in [-0.1, -0.05) is 0 Å². The van der Waals surface area contributed by atoms with Crippen LogP contribution in [0.5, 0.6) is 5.75 Å². The van der Waals surface area contributed by atoms with E-state index in [1.54, 1.807) is 18.1 Å². The summed E-state index contributed by atoms with van der Waals surface area (Å²) in [5.74, 6) is 1.77. The third kappa shape index (κ3) is 4.01. The van der Waals surface area contributed by atoms with Gasteiger partial charge in [0.2, 0.25) is 0 Å². The minimum atomic E-state index is 0.854. The van der Waals surface area contributed by atoms with Crippen LogP contribution in [0.15, 0.2) is 36.8 Å². The predicted molar refractivity (Wildman–Crippen MR) is 111 cm³/mol. The van der Waals surface area contributed by atoms with Crippen molar-refractivity contribution in [3.63, 3.8) is 0 Å². The number of anilines is 2. The second-order valence-electron chi connectivity index (χ2n) is 7.03. The topological polar surface area (TPSA) is 71.3 Å². The van der Waals surface area contributed by atoms with Crippen LogP contribution in [0.25, 0.3) is 11.0 Å². The molecule has 8 heteroatoms. The molecule has 3 aromatic rings. The number of rotatable bonds is 7. The van der Waals surface area contributed by atoms with Crippen LogP contribution < -0.4 is 15.0 Å². The first kappa shape index (κ1) is 18.5. The normalized spacial score (nSPS) is 15.1. The zero-order valence-electron chi connectivity index (χ0n) is 16.5. The number of hydrogen-bond acceptors (Lipinski definition) is 7. The molecule has 0 amide bonds. The molecule has 0 radical (unpaired) electrons. The Labute approximate surface area is 165 Å². The number of ether oxygens (including phenoxy) is 1. The van der Waals surface area contributed by atoms with E-state index < -0.39 is 0 Å². The van der Waals surface area contributed by atoms with Gasteiger partial charge >= 0.3 is 0 Å². The Bertz CT molecular complexity index is 901. The van der Waals surface area contributed by atoms with Gasteiger partial charge in [-0.15, -0.1) is 0 Å². The van der Waals surface area contributed by atoms with Crippen molar-refractivity contribution in [2.45, 2.75) is 6.42 Å². The van der Waals surface area contributed by atoms with E-state index in [2.05, 4.69) is 42.3 Å². The Morgan fingerprint density at radius 3 is 2.61 bits per heavy atom. The molecule has 1 aliphatic rings. The fraction of sp³-hybridized carbons (Fsp3) is 0.450. The molecule has 4 rings (SSSR count). The highest BCUT2D eigenvalue weighted by Gasteiger charge is 2.17. The van der Waals surface area contributed by atoms with Crippen molar-refractivity contribution < 1.29 is 4.74 Å². The predicted octanol–water partition coefficient (Wildman–Crippen LogP) is 2.00. The molecule has 0 aliphatic carbocycles. The van der Waals surface area contributed by atoms with Gasteiger partial charge in [0.25, 0.3) is 0 Å². The van der Waals surface area contributed by atoms with E-state index in [1.807, 2.05) is 25.4 Å². The minimum Gasteiger partial charge on any atom is -0.497 e. The van der Waals surface area contributed by atoms with Crippen molar-refractivity contribution in [1.82, 2.24) is 24.6 Å². The maximum atomic E-state index is 5.24. The summed E-state index contributed by atoms with van der Waals surface area (Å²) >= 11 is 0. The number of aryl methyl sites for hydroxylation is 1. The number of methoxy groups -OCH3 is 1. The number of aromatic nitrogens is 4. The molecule has 8 nitrogen and oxygen atoms in total. The standard InChI is InChI=1S/C20H27N7O/c1-25-20-18(14-24-25)19(22-15-23-20)21-8-3-9-26-10-12-27(13-11-26)16-4-6-17(28-2)7-5-16/h4-7,14-15H,3,8-13H2,1-2H3,(H,21,22,23). The molecule has 1 N–H and O–H groups in total. The van der Waals surface area contributed by atoms with Crippen LogP contribution in [0, 0.1) is 0 Å². The molecule has 1 aliphatic heterocycles. The highest BCUT2D eigenvalue weighted by Crippen LogP contribution is 2.21. The van der Waals surface area contributed by atoms with Crippen molar-refractivity contribution >= 4 is 22.5 Å². The Morgan fingerprint density at radius 1 is 1.07 bits per heavy atom. The van der Waals surface area contributed by atoms with Crippen molar-refractivity contribution in [3.8, 4) is 5.75 Å². The first-order chi connectivity index (χ1) is 13.7. The van der Waals surface area contributed by atoms with Gasteiger partial charge in [-0.2, -0.15) is 5.10 Å². The molecule has 148 valence electrons. The summed E-state index contributed by atoms with van der Waals surface area (Å²) in [6, 6.07) is 8.33. The van der Waals surface area contributed by atoms with Crippen molar-refractivity contribution in [2.75, 3.05) is 56.6 Å². The fourth-order valence-electron chi connectivity index (χ4n) is 3.64. The first-order valence-electron chi connectivity index (χ1n) is 9.72. The second kappa shape index (κ2) is 8.43. The van der Waals surface area contributed by atoms with E-state index in [9.17, 15) is 0 Å². The van der Waals surface area contributed by atoms with Gasteiger partial charge in [0.1, 0.15) is 17.9 Å². The molecule has 0 atom stereocenters. The monoisotopic (exact) mass is 381 g/mol. The summed E-state index contributed by atoms with van der Waals surface area (Å²) in [4.78, 5) is 13.6. The molecule has 0 spiro atoms. The minimum absolute atomic E-state index is 0.854. The van der Waals surface area contributed by atoms with Crippen LogP contribution in [-0.2, 0) is 7.05 Å². The van der Waals surface area contributed by atoms with Crippen molar-refractivity contribution in [1.29, 1.82) is 0 Å². The lowest BCUT2D eigenvalue weighted by Gasteiger charge is -2.36. The molecule has 28 heavy (non-hydrogen) atoms. The van der Waals surface area contributed by atoms with E-state index in [0.29, 0.717) is 0 Å². The fourth-order valence-corrected chi connectivity index (χ4v) is 3.64. The molecule has 2 aromatic heterocycles. The van der Waals surface area contributed by atoms with Gasteiger partial charge in [0, 0.05) is 45.5 Å². The smallest absolute Gasteiger partial charge is 0.163 e. The lowest BCUT2D eigenvalue weighted by atomic mass is 10.2. The highest BCUT2D eigenvalue weighted by molar-refractivity contribution is 5.85. The second-order valence-corrected chi connectivity index (χ2v) is 7.03. The molecule has 0 bridgehead atoms. The van der Waals surface area contributed by atoms with Crippen molar-refractivity contribution in [2.24, 2.45) is 7.05 Å². The third-order valence-corrected chi connectivity index (χ3v) is 5.28. The van der Waals surface area contributed by atoms with Gasteiger partial charge in [0.05, 0.1) is 18.7 Å². The zero-order valence-corrected chi connectivity index (χ0v) is 16.5. The lowest BCUT2D eigenvalue weighted by molar-refractivity contribution is 0.257. The quantitative estimate of drug-likeness (QED) is 0.628. The Kier molecular flexibility index (Phi) is 5.57. The van der Waals surface area contributed by atoms with Gasteiger partial charge in [-0.05, 0) is 37.2 Å². The Morgan fingerprint density at radius 2 is 1.86 bits per heavy atom. The summed E-state index contributed by atoms with van der Waals surface area (Å²) in [7, 11) is 3.59. The zero-order chi connectivity index (χ0) is 19.3. The number of fused-ring (bicyclic) bond motifs is 1.